The van der Waals surface area contributed by atoms with Gasteiger partial charge in [0.2, 0.25) is 12.8 Å². The van der Waals surface area contributed by atoms with Crippen molar-refractivity contribution in [1.82, 2.24) is 4.90 Å². The van der Waals surface area contributed by atoms with Crippen molar-refractivity contribution in [2.24, 2.45) is 0 Å². The predicted octanol–water partition coefficient (Wildman–Crippen LogP) is 0.392. The molecule has 1 aromatic carbocycles. The first-order valence-corrected chi connectivity index (χ1v) is 4.52. The Morgan fingerprint density at radius 2 is 2.00 bits per heavy atom. The number of non-ortho nitro benzene ring substituents is 1. The SMILES string of the molecule is O=CN(C=O)CC(=O)c1cccc([N+](=O)[O-])c1. The average Bonchev–Trinajstić information content (AvgIpc) is 2.35. The Hall–Kier alpha value is -2.57. The first kappa shape index (κ1) is 12.5. The summed E-state index contributed by atoms with van der Waals surface area (Å²) in [5.74, 6) is -0.548. The number of hydrogen-bond donors (Lipinski definition) is 0. The summed E-state index contributed by atoms with van der Waals surface area (Å²) < 4.78 is 0. The molecule has 0 N–H and O–H groups in total. The molecule has 0 fully saturated rings. The van der Waals surface area contributed by atoms with E-state index in [4.69, 9.17) is 0 Å². The smallest absolute Gasteiger partial charge is 0.270 e. The van der Waals surface area contributed by atoms with Crippen molar-refractivity contribution in [3.05, 3.63) is 39.9 Å². The van der Waals surface area contributed by atoms with Crippen LogP contribution in [0.5, 0.6) is 0 Å². The first-order valence-electron chi connectivity index (χ1n) is 4.52. The molecule has 0 aliphatic heterocycles. The van der Waals surface area contributed by atoms with Gasteiger partial charge in [-0.2, -0.15) is 0 Å². The molecule has 2 amide bonds. The number of Topliss-reactive ketones (excluding diaryl/α,β-unsaturated/α-hetero) is 1. The molecule has 7 nitrogen and oxygen atoms in total. The molecule has 17 heavy (non-hydrogen) atoms. The largest absolute Gasteiger partial charge is 0.292 e. The molecule has 0 aliphatic carbocycles. The molecule has 7 heteroatoms. The normalized spacial score (nSPS) is 9.41. The van der Waals surface area contributed by atoms with Crippen molar-refractivity contribution in [1.29, 1.82) is 0 Å². The monoisotopic (exact) mass is 236 g/mol. The minimum Gasteiger partial charge on any atom is -0.292 e. The molecule has 0 heterocycles. The van der Waals surface area contributed by atoms with Crippen LogP contribution in [-0.2, 0) is 9.59 Å². The lowest BCUT2D eigenvalue weighted by atomic mass is 10.1. The Morgan fingerprint density at radius 1 is 1.35 bits per heavy atom. The second kappa shape index (κ2) is 5.50. The van der Waals surface area contributed by atoms with Crippen LogP contribution in [0, 0.1) is 10.1 Å². The number of nitrogens with zero attached hydrogens (tertiary/aromatic N) is 2. The zero-order valence-electron chi connectivity index (χ0n) is 8.61. The molecular weight excluding hydrogens is 228 g/mol. The first-order chi connectivity index (χ1) is 8.08. The summed E-state index contributed by atoms with van der Waals surface area (Å²) in [5, 5.41) is 10.5. The van der Waals surface area contributed by atoms with Gasteiger partial charge in [0.05, 0.1) is 11.5 Å². The van der Waals surface area contributed by atoms with Crippen LogP contribution in [0.4, 0.5) is 5.69 Å². The van der Waals surface area contributed by atoms with Gasteiger partial charge in [-0.05, 0) is 0 Å². The van der Waals surface area contributed by atoms with E-state index in [9.17, 15) is 24.5 Å². The van der Waals surface area contributed by atoms with Crippen LogP contribution in [-0.4, -0.2) is 35.0 Å². The fourth-order valence-corrected chi connectivity index (χ4v) is 1.15. The van der Waals surface area contributed by atoms with Gasteiger partial charge in [-0.15, -0.1) is 0 Å². The summed E-state index contributed by atoms with van der Waals surface area (Å²) in [6.45, 7) is -0.436. The summed E-state index contributed by atoms with van der Waals surface area (Å²) in [7, 11) is 0. The third-order valence-corrected chi connectivity index (χ3v) is 1.98. The summed E-state index contributed by atoms with van der Waals surface area (Å²) in [5.41, 5.74) is -0.146. The van der Waals surface area contributed by atoms with Crippen molar-refractivity contribution >= 4 is 24.3 Å². The van der Waals surface area contributed by atoms with E-state index in [-0.39, 0.29) is 24.1 Å². The zero-order valence-corrected chi connectivity index (χ0v) is 8.61. The van der Waals surface area contributed by atoms with Crippen LogP contribution in [0.15, 0.2) is 24.3 Å². The van der Waals surface area contributed by atoms with Gasteiger partial charge in [-0.1, -0.05) is 12.1 Å². The van der Waals surface area contributed by atoms with E-state index in [1.54, 1.807) is 0 Å². The van der Waals surface area contributed by atoms with E-state index >= 15 is 0 Å². The van der Waals surface area contributed by atoms with Crippen LogP contribution in [0.1, 0.15) is 10.4 Å². The number of ketones is 1. The van der Waals surface area contributed by atoms with Gasteiger partial charge < -0.3 is 0 Å². The predicted molar refractivity (Wildman–Crippen MR) is 56.3 cm³/mol. The fraction of sp³-hybridized carbons (Fsp3) is 0.100. The number of amides is 2. The van der Waals surface area contributed by atoms with Crippen molar-refractivity contribution in [2.45, 2.75) is 0 Å². The lowest BCUT2D eigenvalue weighted by Crippen LogP contribution is -2.27. The van der Waals surface area contributed by atoms with E-state index in [2.05, 4.69) is 0 Å². The molecule has 0 aliphatic rings. The summed E-state index contributed by atoms with van der Waals surface area (Å²) in [6, 6.07) is 5.07. The maximum atomic E-state index is 11.6. The van der Waals surface area contributed by atoms with Gasteiger partial charge in [-0.3, -0.25) is 29.4 Å². The molecule has 88 valence electrons. The molecule has 0 unspecified atom stereocenters. The standard InChI is InChI=1S/C10H8N2O5/c13-6-11(7-14)5-10(15)8-2-1-3-9(4-8)12(16)17/h1-4,6-7H,5H2. The van der Waals surface area contributed by atoms with Crippen LogP contribution < -0.4 is 0 Å². The van der Waals surface area contributed by atoms with Crippen LogP contribution >= 0.6 is 0 Å². The maximum absolute atomic E-state index is 11.6. The maximum Gasteiger partial charge on any atom is 0.270 e. The minimum absolute atomic E-state index is 0.0768. The van der Waals surface area contributed by atoms with Crippen molar-refractivity contribution in [3.63, 3.8) is 0 Å². The molecular formula is C10H8N2O5. The lowest BCUT2D eigenvalue weighted by Gasteiger charge is -2.07. The van der Waals surface area contributed by atoms with Crippen LogP contribution in [0.3, 0.4) is 0 Å². The van der Waals surface area contributed by atoms with Crippen molar-refractivity contribution in [3.8, 4) is 0 Å². The molecule has 0 spiro atoms. The zero-order chi connectivity index (χ0) is 12.8. The second-order valence-electron chi connectivity index (χ2n) is 3.11. The number of carbonyl (C=O) groups excluding carboxylic acids is 3. The number of benzene rings is 1. The summed E-state index contributed by atoms with van der Waals surface area (Å²) >= 11 is 0. The molecule has 0 atom stereocenters. The quantitative estimate of drug-likeness (QED) is 0.308. The average molecular weight is 236 g/mol. The Labute approximate surface area is 95.8 Å². The van der Waals surface area contributed by atoms with E-state index in [0.29, 0.717) is 4.90 Å². The van der Waals surface area contributed by atoms with Gasteiger partial charge in [0, 0.05) is 17.7 Å². The lowest BCUT2D eigenvalue weighted by molar-refractivity contribution is -0.384. The van der Waals surface area contributed by atoms with Gasteiger partial charge in [-0.25, -0.2) is 0 Å². The number of rotatable bonds is 6. The van der Waals surface area contributed by atoms with Gasteiger partial charge >= 0.3 is 0 Å². The summed E-state index contributed by atoms with van der Waals surface area (Å²) in [4.78, 5) is 42.7. The Balaban J connectivity index is 2.89. The van der Waals surface area contributed by atoms with Gasteiger partial charge in [0.1, 0.15) is 0 Å². The van der Waals surface area contributed by atoms with E-state index in [1.807, 2.05) is 0 Å². The van der Waals surface area contributed by atoms with E-state index in [1.165, 1.54) is 18.2 Å². The highest BCUT2D eigenvalue weighted by Crippen LogP contribution is 2.13. The van der Waals surface area contributed by atoms with E-state index in [0.717, 1.165) is 6.07 Å². The van der Waals surface area contributed by atoms with Crippen LogP contribution in [0.25, 0.3) is 0 Å². The highest BCUT2D eigenvalue weighted by atomic mass is 16.6. The highest BCUT2D eigenvalue weighted by Gasteiger charge is 2.13. The van der Waals surface area contributed by atoms with Crippen molar-refractivity contribution in [2.75, 3.05) is 6.54 Å². The molecule has 0 bridgehead atoms. The number of hydrogen-bond acceptors (Lipinski definition) is 5. The van der Waals surface area contributed by atoms with Gasteiger partial charge in [0.25, 0.3) is 5.69 Å². The number of nitro groups is 1. The fourth-order valence-electron chi connectivity index (χ4n) is 1.15. The Morgan fingerprint density at radius 3 is 2.53 bits per heavy atom. The molecule has 1 aromatic rings. The summed E-state index contributed by atoms with van der Waals surface area (Å²) in [6.07, 6.45) is 0.421. The minimum atomic E-state index is -0.631. The number of imide groups is 1. The highest BCUT2D eigenvalue weighted by molar-refractivity contribution is 6.00. The number of carbonyl (C=O) groups is 3. The van der Waals surface area contributed by atoms with Crippen LogP contribution in [0.2, 0.25) is 0 Å². The van der Waals surface area contributed by atoms with Gasteiger partial charge in [0.15, 0.2) is 5.78 Å². The molecule has 0 saturated heterocycles. The Kier molecular flexibility index (Phi) is 4.04. The molecule has 0 saturated carbocycles. The number of nitro benzene ring substituents is 1. The molecule has 1 rings (SSSR count). The van der Waals surface area contributed by atoms with E-state index < -0.39 is 17.3 Å². The molecule has 0 aromatic heterocycles. The second-order valence-corrected chi connectivity index (χ2v) is 3.11. The third kappa shape index (κ3) is 3.20. The Bertz CT molecular complexity index is 464. The third-order valence-electron chi connectivity index (χ3n) is 1.98. The van der Waals surface area contributed by atoms with Crippen molar-refractivity contribution < 1.29 is 19.3 Å². The topological polar surface area (TPSA) is 97.6 Å². The molecule has 0 radical (unpaired) electrons.